The van der Waals surface area contributed by atoms with E-state index in [9.17, 15) is 18.4 Å². The minimum Gasteiger partial charge on any atom is -0.458 e. The van der Waals surface area contributed by atoms with Crippen molar-refractivity contribution in [3.05, 3.63) is 0 Å². The Morgan fingerprint density at radius 2 is 2.21 bits per heavy atom. The highest BCUT2D eigenvalue weighted by Crippen LogP contribution is 2.38. The molecule has 0 aromatic rings. The van der Waals surface area contributed by atoms with Gasteiger partial charge in [0.05, 0.1) is 5.92 Å². The van der Waals surface area contributed by atoms with Gasteiger partial charge >= 0.3 is 17.2 Å². The van der Waals surface area contributed by atoms with Gasteiger partial charge in [0, 0.05) is 6.42 Å². The quantitative estimate of drug-likeness (QED) is 0.351. The molecular formula is C9H10F2O7S. The van der Waals surface area contributed by atoms with Gasteiger partial charge in [-0.15, -0.1) is 4.33 Å². The molecule has 7 nitrogen and oxygen atoms in total. The Bertz CT molecular complexity index is 378. The number of hydrogen-bond donors (Lipinski definition) is 1. The van der Waals surface area contributed by atoms with Crippen molar-refractivity contribution in [3.8, 4) is 0 Å². The Kier molecular flexibility index (Phi) is 4.23. The average molecular weight is 300 g/mol. The van der Waals surface area contributed by atoms with Gasteiger partial charge in [0.2, 0.25) is 0 Å². The van der Waals surface area contributed by atoms with E-state index in [2.05, 4.69) is 14.1 Å². The number of ether oxygens (including phenoxy) is 2. The maximum atomic E-state index is 13.1. The third-order valence-corrected chi connectivity index (χ3v) is 3.50. The predicted molar refractivity (Wildman–Crippen MR) is 54.4 cm³/mol. The molecule has 1 aliphatic heterocycles. The summed E-state index contributed by atoms with van der Waals surface area (Å²) in [5, 5.41) is 6.71. The molecule has 10 heteroatoms. The highest BCUT2D eigenvalue weighted by molar-refractivity contribution is 7.96. The molecular weight excluding hydrogens is 290 g/mol. The van der Waals surface area contributed by atoms with Crippen LogP contribution < -0.4 is 0 Å². The smallest absolute Gasteiger partial charge is 0.415 e. The van der Waals surface area contributed by atoms with Gasteiger partial charge in [0.25, 0.3) is 0 Å². The molecule has 1 N–H and O–H groups in total. The maximum absolute atomic E-state index is 13.1. The second-order valence-electron chi connectivity index (χ2n) is 4.17. The Labute approximate surface area is 110 Å². The Balaban J connectivity index is 1.90. The van der Waals surface area contributed by atoms with Crippen LogP contribution in [-0.4, -0.2) is 34.7 Å². The normalized spacial score (nSPS) is 30.1. The van der Waals surface area contributed by atoms with E-state index < -0.39 is 35.5 Å². The number of halogens is 2. The highest BCUT2D eigenvalue weighted by Gasteiger charge is 2.50. The van der Waals surface area contributed by atoms with E-state index in [-0.39, 0.29) is 18.3 Å². The lowest BCUT2D eigenvalue weighted by Crippen LogP contribution is -2.38. The lowest BCUT2D eigenvalue weighted by Gasteiger charge is -2.26. The zero-order valence-corrected chi connectivity index (χ0v) is 10.2. The van der Waals surface area contributed by atoms with E-state index in [1.165, 1.54) is 0 Å². The van der Waals surface area contributed by atoms with Gasteiger partial charge in [-0.1, -0.05) is 5.04 Å². The lowest BCUT2D eigenvalue weighted by atomic mass is 9.88. The Morgan fingerprint density at radius 3 is 2.89 bits per heavy atom. The predicted octanol–water partition coefficient (Wildman–Crippen LogP) is 1.29. The number of carbonyl (C=O) groups excluding carboxylic acids is 2. The van der Waals surface area contributed by atoms with Gasteiger partial charge in [-0.2, -0.15) is 8.78 Å². The summed E-state index contributed by atoms with van der Waals surface area (Å²) in [5.74, 6) is -2.47. The van der Waals surface area contributed by atoms with E-state index in [0.717, 1.165) is 0 Å². The molecule has 2 bridgehead atoms. The van der Waals surface area contributed by atoms with Crippen molar-refractivity contribution in [3.63, 3.8) is 0 Å². The maximum Gasteiger partial charge on any atom is 0.415 e. The number of hydrogen-bond acceptors (Lipinski definition) is 8. The zero-order valence-electron chi connectivity index (χ0n) is 9.41. The number of fused-ring (bicyclic) bond motifs is 2. The van der Waals surface area contributed by atoms with E-state index in [1.54, 1.807) is 0 Å². The highest BCUT2D eigenvalue weighted by atomic mass is 32.2. The van der Waals surface area contributed by atoms with Crippen LogP contribution in [0.1, 0.15) is 19.3 Å². The van der Waals surface area contributed by atoms with Crippen molar-refractivity contribution in [2.75, 3.05) is 0 Å². The van der Waals surface area contributed by atoms with Crippen molar-refractivity contribution in [2.45, 2.75) is 36.7 Å². The van der Waals surface area contributed by atoms with Crippen LogP contribution in [0.5, 0.6) is 0 Å². The topological polar surface area (TPSA) is 91.3 Å². The summed E-state index contributed by atoms with van der Waals surface area (Å²) >= 11 is -0.693. The molecule has 0 aromatic carbocycles. The summed E-state index contributed by atoms with van der Waals surface area (Å²) in [5.41, 5.74) is 0. The zero-order chi connectivity index (χ0) is 14.0. The summed E-state index contributed by atoms with van der Waals surface area (Å²) in [6.45, 7) is 0. The fourth-order valence-electron chi connectivity index (χ4n) is 2.12. The van der Waals surface area contributed by atoms with E-state index in [0.29, 0.717) is 12.8 Å². The monoisotopic (exact) mass is 300 g/mol. The SMILES string of the molecule is O=C1OC2CC1CCC2OC(=O)C(F)(F)SOOO. The summed E-state index contributed by atoms with van der Waals surface area (Å²) in [6, 6.07) is 0. The van der Waals surface area contributed by atoms with Gasteiger partial charge in [0.15, 0.2) is 0 Å². The first-order valence-electron chi connectivity index (χ1n) is 5.39. The van der Waals surface area contributed by atoms with Gasteiger partial charge < -0.3 is 9.47 Å². The van der Waals surface area contributed by atoms with Crippen LogP contribution in [0.4, 0.5) is 8.78 Å². The van der Waals surface area contributed by atoms with E-state index in [4.69, 9.17) is 9.99 Å². The lowest BCUT2D eigenvalue weighted by molar-refractivity contribution is -0.433. The first-order valence-corrected chi connectivity index (χ1v) is 6.13. The average Bonchev–Trinajstić information content (AvgIpc) is 2.67. The molecule has 3 atom stereocenters. The van der Waals surface area contributed by atoms with Crippen LogP contribution in [-0.2, 0) is 28.4 Å². The molecule has 108 valence electrons. The largest absolute Gasteiger partial charge is 0.458 e. The molecule has 2 rings (SSSR count). The molecule has 2 aliphatic rings. The standard InChI is InChI=1S/C9H10F2O7S/c10-9(11,19-18-17-14)8(13)16-5-2-1-4-3-6(5)15-7(4)12/h4-6,14H,1-3H2. The van der Waals surface area contributed by atoms with Crippen molar-refractivity contribution >= 4 is 24.0 Å². The van der Waals surface area contributed by atoms with Crippen LogP contribution in [0, 0.1) is 5.92 Å². The number of carbonyl (C=O) groups is 2. The summed E-state index contributed by atoms with van der Waals surface area (Å²) in [4.78, 5) is 22.5. The fraction of sp³-hybridized carbons (Fsp3) is 0.778. The summed E-state index contributed by atoms with van der Waals surface area (Å²) in [6.07, 6.45) is -0.485. The molecule has 0 aromatic heterocycles. The molecule has 0 radical (unpaired) electrons. The van der Waals surface area contributed by atoms with Crippen molar-refractivity contribution in [1.82, 2.24) is 0 Å². The molecule has 0 spiro atoms. The third-order valence-electron chi connectivity index (χ3n) is 3.00. The molecule has 3 unspecified atom stereocenters. The fourth-order valence-corrected chi connectivity index (χ4v) is 2.35. The van der Waals surface area contributed by atoms with Crippen LogP contribution >= 0.6 is 12.0 Å². The van der Waals surface area contributed by atoms with Crippen LogP contribution in [0.15, 0.2) is 0 Å². The molecule has 19 heavy (non-hydrogen) atoms. The second-order valence-corrected chi connectivity index (χ2v) is 4.99. The number of alkyl halides is 2. The van der Waals surface area contributed by atoms with Crippen LogP contribution in [0.3, 0.4) is 0 Å². The van der Waals surface area contributed by atoms with Crippen molar-refractivity contribution < 1.29 is 42.5 Å². The molecule has 1 saturated carbocycles. The minimum absolute atomic E-state index is 0.235. The Morgan fingerprint density at radius 1 is 1.47 bits per heavy atom. The molecule has 0 amide bonds. The number of esters is 2. The first kappa shape index (κ1) is 14.4. The van der Waals surface area contributed by atoms with Crippen molar-refractivity contribution in [2.24, 2.45) is 5.92 Å². The molecule has 1 aliphatic carbocycles. The van der Waals surface area contributed by atoms with Crippen molar-refractivity contribution in [1.29, 1.82) is 0 Å². The van der Waals surface area contributed by atoms with E-state index in [1.807, 2.05) is 0 Å². The first-order chi connectivity index (χ1) is 8.94. The van der Waals surface area contributed by atoms with Gasteiger partial charge in [-0.05, 0) is 12.8 Å². The molecule has 1 saturated heterocycles. The van der Waals surface area contributed by atoms with Crippen LogP contribution in [0.25, 0.3) is 0 Å². The molecule has 1 heterocycles. The summed E-state index contributed by atoms with van der Waals surface area (Å²) < 4.78 is 39.4. The van der Waals surface area contributed by atoms with Gasteiger partial charge in [-0.25, -0.2) is 10.1 Å². The summed E-state index contributed by atoms with van der Waals surface area (Å²) in [7, 11) is 0. The number of rotatable bonds is 5. The Hall–Kier alpha value is -0.970. The second kappa shape index (κ2) is 5.57. The minimum atomic E-state index is -4.04. The molecule has 2 fully saturated rings. The van der Waals surface area contributed by atoms with E-state index >= 15 is 0 Å². The van der Waals surface area contributed by atoms with Crippen LogP contribution in [0.2, 0.25) is 0 Å². The van der Waals surface area contributed by atoms with Gasteiger partial charge in [0.1, 0.15) is 24.3 Å². The third kappa shape index (κ3) is 3.14. The van der Waals surface area contributed by atoms with Gasteiger partial charge in [-0.3, -0.25) is 4.79 Å².